The van der Waals surface area contributed by atoms with Gasteiger partial charge < -0.3 is 10.1 Å². The van der Waals surface area contributed by atoms with Gasteiger partial charge >= 0.3 is 6.18 Å². The summed E-state index contributed by atoms with van der Waals surface area (Å²) in [5.41, 5.74) is -1.16. The van der Waals surface area contributed by atoms with E-state index in [1.165, 1.54) is 24.5 Å². The normalized spacial score (nSPS) is 11.5. The zero-order chi connectivity index (χ0) is 20.5. The second-order valence-electron chi connectivity index (χ2n) is 5.49. The molecule has 1 N–H and O–H groups in total. The number of nitrogens with zero attached hydrogens (tertiary/aromatic N) is 2. The number of rotatable bonds is 4. The van der Waals surface area contributed by atoms with Crippen LogP contribution in [0.2, 0.25) is 15.1 Å². The number of anilines is 1. The number of carbonyl (C=O) groups is 1. The summed E-state index contributed by atoms with van der Waals surface area (Å²) in [5, 5.41) is 2.96. The lowest BCUT2D eigenvalue weighted by Crippen LogP contribution is -2.22. The van der Waals surface area contributed by atoms with Gasteiger partial charge in [-0.05, 0) is 30.3 Å². The van der Waals surface area contributed by atoms with Crippen molar-refractivity contribution < 1.29 is 22.7 Å². The lowest BCUT2D eigenvalue weighted by Gasteiger charge is -2.14. The third-order valence-corrected chi connectivity index (χ3v) is 4.26. The minimum absolute atomic E-state index is 0.0108. The molecule has 3 rings (SSSR count). The average Bonchev–Trinajstić information content (AvgIpc) is 2.60. The molecule has 146 valence electrons. The number of alkyl halides is 3. The summed E-state index contributed by atoms with van der Waals surface area (Å²) in [5.74, 6) is -0.815. The fourth-order valence-electron chi connectivity index (χ4n) is 2.36. The molecule has 0 aliphatic carbocycles. The van der Waals surface area contributed by atoms with Crippen LogP contribution in [0.5, 0.6) is 5.88 Å². The maximum absolute atomic E-state index is 13.1. The van der Waals surface area contributed by atoms with Gasteiger partial charge in [0.25, 0.3) is 5.91 Å². The Hall–Kier alpha value is -2.29. The molecule has 0 spiro atoms. The molecule has 0 aliphatic heterocycles. The summed E-state index contributed by atoms with van der Waals surface area (Å²) in [6.45, 7) is -0.601. The van der Waals surface area contributed by atoms with Crippen molar-refractivity contribution in [3.05, 3.63) is 57.3 Å². The molecule has 0 saturated heterocycles. The van der Waals surface area contributed by atoms with Crippen LogP contribution in [0.25, 0.3) is 10.9 Å². The third-order valence-electron chi connectivity index (χ3n) is 3.52. The van der Waals surface area contributed by atoms with Gasteiger partial charge in [-0.1, -0.05) is 34.8 Å². The number of amides is 1. The minimum atomic E-state index is -4.69. The zero-order valence-corrected chi connectivity index (χ0v) is 15.9. The van der Waals surface area contributed by atoms with E-state index in [0.29, 0.717) is 15.9 Å². The first-order chi connectivity index (χ1) is 13.1. The van der Waals surface area contributed by atoms with Crippen molar-refractivity contribution in [3.8, 4) is 5.88 Å². The molecular weight excluding hydrogens is 442 g/mol. The monoisotopic (exact) mass is 449 g/mol. The van der Waals surface area contributed by atoms with Crippen LogP contribution < -0.4 is 10.1 Å². The van der Waals surface area contributed by atoms with E-state index in [2.05, 4.69) is 15.3 Å². The average molecular weight is 451 g/mol. The Labute approximate surface area is 171 Å². The summed E-state index contributed by atoms with van der Waals surface area (Å²) >= 11 is 17.6. The van der Waals surface area contributed by atoms with E-state index in [1.807, 2.05) is 0 Å². The van der Waals surface area contributed by atoms with Crippen LogP contribution in [0.15, 0.2) is 36.7 Å². The predicted octanol–water partition coefficient (Wildman–Crippen LogP) is 5.63. The van der Waals surface area contributed by atoms with Crippen molar-refractivity contribution in [1.29, 1.82) is 0 Å². The van der Waals surface area contributed by atoms with Gasteiger partial charge in [0.15, 0.2) is 6.61 Å². The summed E-state index contributed by atoms with van der Waals surface area (Å²) in [4.78, 5) is 20.0. The summed E-state index contributed by atoms with van der Waals surface area (Å²) in [6.07, 6.45) is -3.51. The van der Waals surface area contributed by atoms with Crippen LogP contribution in [0, 0.1) is 0 Å². The van der Waals surface area contributed by atoms with E-state index in [9.17, 15) is 18.0 Å². The van der Waals surface area contributed by atoms with E-state index < -0.39 is 29.9 Å². The number of benzene rings is 2. The maximum Gasteiger partial charge on any atom is 0.418 e. The van der Waals surface area contributed by atoms with Crippen LogP contribution in [-0.2, 0) is 11.0 Å². The number of aromatic nitrogens is 2. The first-order valence-corrected chi connectivity index (χ1v) is 8.67. The molecule has 5 nitrogen and oxygen atoms in total. The smallest absolute Gasteiger partial charge is 0.418 e. The molecular formula is C17H9Cl3F3N3O2. The molecule has 1 aromatic heterocycles. The number of hydrogen-bond acceptors (Lipinski definition) is 4. The number of halogens is 6. The van der Waals surface area contributed by atoms with E-state index in [4.69, 9.17) is 39.5 Å². The van der Waals surface area contributed by atoms with Gasteiger partial charge in [0.2, 0.25) is 5.88 Å². The van der Waals surface area contributed by atoms with E-state index in [-0.39, 0.29) is 15.9 Å². The third kappa shape index (κ3) is 4.57. The first kappa shape index (κ1) is 20.4. The number of hydrogen-bond donors (Lipinski definition) is 1. The number of nitrogens with one attached hydrogen (secondary N) is 1. The number of fused-ring (bicyclic) bond motifs is 1. The van der Waals surface area contributed by atoms with Gasteiger partial charge in [-0.3, -0.25) is 4.79 Å². The van der Waals surface area contributed by atoms with E-state index in [0.717, 1.165) is 12.1 Å². The highest BCUT2D eigenvalue weighted by Gasteiger charge is 2.34. The van der Waals surface area contributed by atoms with Crippen LogP contribution in [0.4, 0.5) is 18.9 Å². The van der Waals surface area contributed by atoms with Crippen LogP contribution in [0.1, 0.15) is 5.56 Å². The number of carbonyl (C=O) groups excluding carboxylic acids is 1. The Kier molecular flexibility index (Phi) is 5.83. The highest BCUT2D eigenvalue weighted by Crippen LogP contribution is 2.36. The van der Waals surface area contributed by atoms with Crippen molar-refractivity contribution >= 4 is 57.3 Å². The summed E-state index contributed by atoms with van der Waals surface area (Å²) in [7, 11) is 0. The zero-order valence-electron chi connectivity index (χ0n) is 13.6. The molecule has 0 fully saturated rings. The molecule has 0 saturated carbocycles. The molecule has 0 bridgehead atoms. The van der Waals surface area contributed by atoms with Crippen LogP contribution >= 0.6 is 34.8 Å². The Morgan fingerprint density at radius 3 is 2.54 bits per heavy atom. The standard InChI is InChI=1S/C17H9Cl3F3N3O2/c18-8-1-2-13(11(4-8)17(21,22)23)26-14(27)6-28-16-10-3-9(19)5-12(20)15(10)24-7-25-16/h1-5,7H,6H2,(H,26,27). The van der Waals surface area contributed by atoms with E-state index >= 15 is 0 Å². The second kappa shape index (κ2) is 7.98. The fraction of sp³-hybridized carbons (Fsp3) is 0.118. The Morgan fingerprint density at radius 1 is 1.07 bits per heavy atom. The van der Waals surface area contributed by atoms with Gasteiger partial charge in [0, 0.05) is 10.0 Å². The van der Waals surface area contributed by atoms with Crippen molar-refractivity contribution in [3.63, 3.8) is 0 Å². The molecule has 0 aliphatic rings. The molecule has 0 radical (unpaired) electrons. The van der Waals surface area contributed by atoms with Crippen molar-refractivity contribution in [2.24, 2.45) is 0 Å². The largest absolute Gasteiger partial charge is 0.467 e. The summed E-state index contributed by atoms with van der Waals surface area (Å²) < 4.78 is 44.6. The SMILES string of the molecule is O=C(COc1ncnc2c(Cl)cc(Cl)cc12)Nc1ccc(Cl)cc1C(F)(F)F. The molecule has 3 aromatic rings. The predicted molar refractivity (Wildman–Crippen MR) is 100 cm³/mol. The van der Waals surface area contributed by atoms with Crippen molar-refractivity contribution in [1.82, 2.24) is 9.97 Å². The van der Waals surface area contributed by atoms with Gasteiger partial charge in [-0.2, -0.15) is 13.2 Å². The Bertz CT molecular complexity index is 1060. The lowest BCUT2D eigenvalue weighted by molar-refractivity contribution is -0.137. The topological polar surface area (TPSA) is 64.1 Å². The first-order valence-electron chi connectivity index (χ1n) is 7.54. The lowest BCUT2D eigenvalue weighted by atomic mass is 10.1. The number of ether oxygens (including phenoxy) is 1. The van der Waals surface area contributed by atoms with Crippen molar-refractivity contribution in [2.45, 2.75) is 6.18 Å². The quantitative estimate of drug-likeness (QED) is 0.560. The maximum atomic E-state index is 13.1. The second-order valence-corrected chi connectivity index (χ2v) is 6.77. The van der Waals surface area contributed by atoms with Gasteiger partial charge in [-0.25, -0.2) is 9.97 Å². The highest BCUT2D eigenvalue weighted by atomic mass is 35.5. The highest BCUT2D eigenvalue weighted by molar-refractivity contribution is 6.38. The van der Waals surface area contributed by atoms with E-state index in [1.54, 1.807) is 0 Å². The Balaban J connectivity index is 1.79. The molecule has 2 aromatic carbocycles. The Morgan fingerprint density at radius 2 is 1.82 bits per heavy atom. The van der Waals surface area contributed by atoms with Gasteiger partial charge in [0.1, 0.15) is 6.33 Å². The summed E-state index contributed by atoms with van der Waals surface area (Å²) in [6, 6.07) is 5.99. The van der Waals surface area contributed by atoms with Gasteiger partial charge in [-0.15, -0.1) is 0 Å². The van der Waals surface area contributed by atoms with Crippen LogP contribution in [0.3, 0.4) is 0 Å². The van der Waals surface area contributed by atoms with Crippen molar-refractivity contribution in [2.75, 3.05) is 11.9 Å². The van der Waals surface area contributed by atoms with Crippen LogP contribution in [-0.4, -0.2) is 22.5 Å². The minimum Gasteiger partial charge on any atom is -0.467 e. The fourth-order valence-corrected chi connectivity index (χ4v) is 3.08. The molecule has 1 heterocycles. The van der Waals surface area contributed by atoms with Gasteiger partial charge in [0.05, 0.1) is 27.2 Å². The molecule has 11 heteroatoms. The molecule has 28 heavy (non-hydrogen) atoms. The molecule has 0 unspecified atom stereocenters. The molecule has 1 amide bonds. The molecule has 0 atom stereocenters.